The van der Waals surface area contributed by atoms with Gasteiger partial charge >= 0.3 is 0 Å². The van der Waals surface area contributed by atoms with Crippen LogP contribution >= 0.6 is 11.3 Å². The van der Waals surface area contributed by atoms with Gasteiger partial charge in [-0.1, -0.05) is 97.1 Å². The Labute approximate surface area is 280 Å². The molecular weight excluding hydrogens is 601 g/mol. The average Bonchev–Trinajstić information content (AvgIpc) is 3.80. The topological polar surface area (TPSA) is 17.8 Å². The van der Waals surface area contributed by atoms with E-state index in [1.54, 1.807) is 0 Å². The maximum Gasteiger partial charge on any atom is 0.0800 e. The van der Waals surface area contributed by atoms with Crippen molar-refractivity contribution in [2.45, 2.75) is 0 Å². The van der Waals surface area contributed by atoms with E-state index in [0.717, 1.165) is 17.0 Å². The molecule has 0 saturated carbocycles. The van der Waals surface area contributed by atoms with Crippen molar-refractivity contribution in [2.24, 2.45) is 0 Å². The fourth-order valence-electron chi connectivity index (χ4n) is 7.93. The Morgan fingerprint density at radius 3 is 1.94 bits per heavy atom. The highest BCUT2D eigenvalue weighted by molar-refractivity contribution is 7.25. The van der Waals surface area contributed by atoms with Gasteiger partial charge in [-0.2, -0.15) is 0 Å². The number of nitrogens with zero attached hydrogens (tertiary/aromatic N) is 2. The first-order chi connectivity index (χ1) is 23.8. The van der Waals surface area contributed by atoms with E-state index in [1.165, 1.54) is 86.3 Å². The van der Waals surface area contributed by atoms with Gasteiger partial charge in [0.2, 0.25) is 0 Å². The molecule has 1 aliphatic rings. The van der Waals surface area contributed by atoms with Crippen molar-refractivity contribution >= 4 is 64.1 Å². The Morgan fingerprint density at radius 2 is 1.08 bits per heavy atom. The summed E-state index contributed by atoms with van der Waals surface area (Å²) in [7, 11) is 0. The maximum atomic E-state index is 5.30. The van der Waals surface area contributed by atoms with Crippen LogP contribution in [0.4, 0.5) is 0 Å². The van der Waals surface area contributed by atoms with Crippen molar-refractivity contribution in [3.63, 3.8) is 0 Å². The summed E-state index contributed by atoms with van der Waals surface area (Å²) in [5.74, 6) is 0. The molecule has 0 fully saturated rings. The number of thiophene rings is 1. The van der Waals surface area contributed by atoms with E-state index in [9.17, 15) is 0 Å². The summed E-state index contributed by atoms with van der Waals surface area (Å²) in [5.41, 5.74) is 13.1. The van der Waals surface area contributed by atoms with Gasteiger partial charge < -0.3 is 4.57 Å². The van der Waals surface area contributed by atoms with Gasteiger partial charge in [0.05, 0.1) is 22.4 Å². The van der Waals surface area contributed by atoms with Crippen LogP contribution in [0.25, 0.3) is 103 Å². The number of fused-ring (bicyclic) bond motifs is 9. The predicted octanol–water partition coefficient (Wildman–Crippen LogP) is 12.7. The molecule has 0 amide bonds. The quantitative estimate of drug-likeness (QED) is 0.191. The van der Waals surface area contributed by atoms with Gasteiger partial charge in [-0.05, 0) is 88.3 Å². The zero-order chi connectivity index (χ0) is 31.3. The molecule has 3 aromatic heterocycles. The van der Waals surface area contributed by atoms with E-state index in [1.807, 2.05) is 11.3 Å². The van der Waals surface area contributed by atoms with Crippen molar-refractivity contribution in [1.29, 1.82) is 0 Å². The Balaban J connectivity index is 1.07. The van der Waals surface area contributed by atoms with Gasteiger partial charge in [0, 0.05) is 53.1 Å². The molecule has 7 aromatic carbocycles. The third-order valence-corrected chi connectivity index (χ3v) is 11.3. The van der Waals surface area contributed by atoms with Crippen LogP contribution in [0.2, 0.25) is 0 Å². The largest absolute Gasteiger partial charge is 0.309 e. The summed E-state index contributed by atoms with van der Waals surface area (Å²) in [4.78, 5) is 5.30. The van der Waals surface area contributed by atoms with Crippen LogP contribution in [0.3, 0.4) is 0 Å². The smallest absolute Gasteiger partial charge is 0.0800 e. The number of pyridine rings is 1. The highest BCUT2D eigenvalue weighted by Gasteiger charge is 2.23. The van der Waals surface area contributed by atoms with Gasteiger partial charge in [0.15, 0.2) is 0 Å². The van der Waals surface area contributed by atoms with E-state index in [2.05, 4.69) is 162 Å². The second-order valence-corrected chi connectivity index (χ2v) is 13.8. The van der Waals surface area contributed by atoms with Crippen LogP contribution in [-0.4, -0.2) is 9.55 Å². The third kappa shape index (κ3) is 3.65. The molecular formula is C45H26N2S. The van der Waals surface area contributed by atoms with E-state index in [0.29, 0.717) is 0 Å². The molecule has 10 aromatic rings. The molecule has 0 N–H and O–H groups in total. The standard InChI is InChI=1S/C45H26N2S/c1-2-10-31(11-3-1)47-40-16-7-6-13-33(40)36-23-27(17-20-41(36)47)28-18-21-42-37(24-28)38-25-29(19-22-43(38)48-42)39-26-30-9-8-15-34-32-12-4-5-14-35(32)45(46-39)44(30)34/h1-26H. The normalized spacial score (nSPS) is 12.2. The molecule has 11 rings (SSSR count). The first-order valence-electron chi connectivity index (χ1n) is 16.4. The summed E-state index contributed by atoms with van der Waals surface area (Å²) in [6, 6.07) is 57.6. The molecule has 0 unspecified atom stereocenters. The van der Waals surface area contributed by atoms with Crippen LogP contribution in [0, 0.1) is 0 Å². The summed E-state index contributed by atoms with van der Waals surface area (Å²) >= 11 is 1.86. The zero-order valence-electron chi connectivity index (χ0n) is 25.8. The lowest BCUT2D eigenvalue weighted by Gasteiger charge is -2.08. The van der Waals surface area contributed by atoms with Gasteiger partial charge in [-0.3, -0.25) is 0 Å². The molecule has 0 saturated heterocycles. The lowest BCUT2D eigenvalue weighted by molar-refractivity contribution is 1.18. The van der Waals surface area contributed by atoms with Crippen molar-refractivity contribution < 1.29 is 0 Å². The minimum Gasteiger partial charge on any atom is -0.309 e. The molecule has 0 atom stereocenters. The molecule has 48 heavy (non-hydrogen) atoms. The summed E-state index contributed by atoms with van der Waals surface area (Å²) in [5, 5.41) is 7.61. The second-order valence-electron chi connectivity index (χ2n) is 12.7. The summed E-state index contributed by atoms with van der Waals surface area (Å²) < 4.78 is 4.97. The Hall–Kier alpha value is -6.03. The second kappa shape index (κ2) is 9.74. The summed E-state index contributed by atoms with van der Waals surface area (Å²) in [6.07, 6.45) is 0. The number of para-hydroxylation sites is 2. The summed E-state index contributed by atoms with van der Waals surface area (Å²) in [6.45, 7) is 0. The molecule has 222 valence electrons. The molecule has 3 heterocycles. The van der Waals surface area contributed by atoms with Gasteiger partial charge in [-0.25, -0.2) is 4.98 Å². The third-order valence-electron chi connectivity index (χ3n) is 10.1. The van der Waals surface area contributed by atoms with Crippen LogP contribution < -0.4 is 0 Å². The van der Waals surface area contributed by atoms with Crippen LogP contribution in [0.15, 0.2) is 158 Å². The SMILES string of the molecule is c1ccc(-n2c3ccccc3c3cc(-c4ccc5sc6ccc(-c7cc8cccc9c8c(n7)-c7ccccc7-9)cc6c5c4)ccc32)cc1. The van der Waals surface area contributed by atoms with Gasteiger partial charge in [-0.15, -0.1) is 11.3 Å². The molecule has 0 bridgehead atoms. The number of hydrogen-bond donors (Lipinski definition) is 0. The first-order valence-corrected chi connectivity index (χ1v) is 17.2. The maximum absolute atomic E-state index is 5.30. The lowest BCUT2D eigenvalue weighted by Crippen LogP contribution is -1.92. The van der Waals surface area contributed by atoms with E-state index in [4.69, 9.17) is 4.98 Å². The lowest BCUT2D eigenvalue weighted by atomic mass is 9.99. The van der Waals surface area contributed by atoms with Gasteiger partial charge in [0.1, 0.15) is 0 Å². The number of rotatable bonds is 3. The number of aromatic nitrogens is 2. The number of benzene rings is 7. The Kier molecular flexibility index (Phi) is 5.29. The van der Waals surface area contributed by atoms with E-state index in [-0.39, 0.29) is 0 Å². The molecule has 2 nitrogen and oxygen atoms in total. The fraction of sp³-hybridized carbons (Fsp3) is 0. The Morgan fingerprint density at radius 1 is 0.438 bits per heavy atom. The molecule has 0 aliphatic heterocycles. The van der Waals surface area contributed by atoms with E-state index >= 15 is 0 Å². The van der Waals surface area contributed by atoms with E-state index < -0.39 is 0 Å². The van der Waals surface area contributed by atoms with Crippen LogP contribution in [0.1, 0.15) is 0 Å². The fourth-order valence-corrected chi connectivity index (χ4v) is 8.99. The van der Waals surface area contributed by atoms with Crippen molar-refractivity contribution in [3.8, 4) is 50.5 Å². The van der Waals surface area contributed by atoms with Crippen molar-refractivity contribution in [1.82, 2.24) is 9.55 Å². The van der Waals surface area contributed by atoms with Crippen LogP contribution in [-0.2, 0) is 0 Å². The monoisotopic (exact) mass is 626 g/mol. The average molecular weight is 627 g/mol. The molecule has 1 aliphatic carbocycles. The van der Waals surface area contributed by atoms with Gasteiger partial charge in [0.25, 0.3) is 0 Å². The minimum absolute atomic E-state index is 1.02. The minimum atomic E-state index is 1.02. The molecule has 0 radical (unpaired) electrons. The van der Waals surface area contributed by atoms with Crippen molar-refractivity contribution in [3.05, 3.63) is 158 Å². The highest BCUT2D eigenvalue weighted by atomic mass is 32.1. The molecule has 0 spiro atoms. The van der Waals surface area contributed by atoms with Crippen LogP contribution in [0.5, 0.6) is 0 Å². The first kappa shape index (κ1) is 26.1. The van der Waals surface area contributed by atoms with Crippen molar-refractivity contribution in [2.75, 3.05) is 0 Å². The Bertz CT molecular complexity index is 2950. The predicted molar refractivity (Wildman–Crippen MR) is 204 cm³/mol. The number of hydrogen-bond acceptors (Lipinski definition) is 2. The highest BCUT2D eigenvalue weighted by Crippen LogP contribution is 2.47. The zero-order valence-corrected chi connectivity index (χ0v) is 26.6. The molecule has 3 heteroatoms.